The van der Waals surface area contributed by atoms with E-state index in [1.54, 1.807) is 29.5 Å². The molecule has 2 aromatic rings. The Balaban J connectivity index is 2.05. The van der Waals surface area contributed by atoms with Crippen LogP contribution in [0.1, 0.15) is 24.3 Å². The number of amides is 1. The first-order valence-electron chi connectivity index (χ1n) is 7.32. The zero-order valence-electron chi connectivity index (χ0n) is 12.8. The molecule has 0 fully saturated rings. The highest BCUT2D eigenvalue weighted by atomic mass is 32.1. The predicted octanol–water partition coefficient (Wildman–Crippen LogP) is 2.05. The number of hydrogen-bond donors (Lipinski definition) is 2. The van der Waals surface area contributed by atoms with E-state index in [1.807, 2.05) is 19.1 Å². The monoisotopic (exact) mass is 314 g/mol. The molecule has 22 heavy (non-hydrogen) atoms. The molecule has 0 aliphatic rings. The molecule has 1 amide bonds. The Labute approximate surface area is 135 Å². The Morgan fingerprint density at radius 3 is 2.77 bits per heavy atom. The van der Waals surface area contributed by atoms with Crippen LogP contribution in [0.4, 0.5) is 5.69 Å². The third-order valence-electron chi connectivity index (χ3n) is 3.75. The summed E-state index contributed by atoms with van der Waals surface area (Å²) < 4.78 is 0. The third kappa shape index (κ3) is 3.94. The van der Waals surface area contributed by atoms with Crippen molar-refractivity contribution in [2.45, 2.75) is 26.4 Å². The largest absolute Gasteiger partial charge is 0.321 e. The van der Waals surface area contributed by atoms with Crippen molar-refractivity contribution in [2.75, 3.05) is 11.9 Å². The lowest BCUT2D eigenvalue weighted by Gasteiger charge is -2.23. The van der Waals surface area contributed by atoms with Gasteiger partial charge in [-0.1, -0.05) is 18.2 Å². The Bertz CT molecular complexity index is 661. The van der Waals surface area contributed by atoms with Crippen LogP contribution < -0.4 is 10.2 Å². The fourth-order valence-electron chi connectivity index (χ4n) is 2.34. The fraction of sp³-hybridized carbons (Fsp3) is 0.294. The molecule has 0 saturated carbocycles. The summed E-state index contributed by atoms with van der Waals surface area (Å²) >= 11 is 1.71. The van der Waals surface area contributed by atoms with Crippen molar-refractivity contribution in [1.82, 2.24) is 0 Å². The molecule has 4 nitrogen and oxygen atoms in total. The SMILES string of the molecule is CC[NH+](Cc1cccs1)[C@@H](C)C(=O)Nc1ccccc1C#N. The Morgan fingerprint density at radius 1 is 1.36 bits per heavy atom. The molecule has 1 aromatic heterocycles. The van der Waals surface area contributed by atoms with E-state index in [0.29, 0.717) is 11.3 Å². The van der Waals surface area contributed by atoms with E-state index in [4.69, 9.17) is 5.26 Å². The van der Waals surface area contributed by atoms with Crippen LogP contribution >= 0.6 is 11.3 Å². The number of likely N-dealkylation sites (N-methyl/N-ethyl adjacent to an activating group) is 1. The summed E-state index contributed by atoms with van der Waals surface area (Å²) in [6.07, 6.45) is 0. The summed E-state index contributed by atoms with van der Waals surface area (Å²) in [5.41, 5.74) is 1.06. The second-order valence-electron chi connectivity index (χ2n) is 5.14. The number of rotatable bonds is 6. The normalized spacial score (nSPS) is 13.1. The molecule has 0 bridgehead atoms. The van der Waals surface area contributed by atoms with Gasteiger partial charge in [0.2, 0.25) is 0 Å². The van der Waals surface area contributed by atoms with Gasteiger partial charge in [-0.2, -0.15) is 5.26 Å². The zero-order chi connectivity index (χ0) is 15.9. The summed E-state index contributed by atoms with van der Waals surface area (Å²) in [5, 5.41) is 14.0. The van der Waals surface area contributed by atoms with Gasteiger partial charge in [-0.25, -0.2) is 0 Å². The summed E-state index contributed by atoms with van der Waals surface area (Å²) in [7, 11) is 0. The zero-order valence-corrected chi connectivity index (χ0v) is 13.6. The van der Waals surface area contributed by atoms with E-state index in [0.717, 1.165) is 13.1 Å². The molecule has 0 saturated heterocycles. The number of carbonyl (C=O) groups excluding carboxylic acids is 1. The maximum atomic E-state index is 12.5. The third-order valence-corrected chi connectivity index (χ3v) is 4.62. The number of quaternary nitrogens is 1. The van der Waals surface area contributed by atoms with Crippen molar-refractivity contribution in [3.8, 4) is 6.07 Å². The first-order chi connectivity index (χ1) is 10.7. The summed E-state index contributed by atoms with van der Waals surface area (Å²) in [4.78, 5) is 14.9. The quantitative estimate of drug-likeness (QED) is 0.857. The Morgan fingerprint density at radius 2 is 2.14 bits per heavy atom. The number of nitrogens with one attached hydrogen (secondary N) is 2. The molecule has 0 aliphatic carbocycles. The molecule has 1 unspecified atom stereocenters. The van der Waals surface area contributed by atoms with Gasteiger partial charge >= 0.3 is 0 Å². The van der Waals surface area contributed by atoms with Crippen LogP contribution in [0.15, 0.2) is 41.8 Å². The van der Waals surface area contributed by atoms with E-state index in [2.05, 4.69) is 29.8 Å². The van der Waals surface area contributed by atoms with Gasteiger partial charge in [-0.05, 0) is 37.4 Å². The van der Waals surface area contributed by atoms with Gasteiger partial charge in [-0.15, -0.1) is 11.3 Å². The van der Waals surface area contributed by atoms with Gasteiger partial charge in [0.15, 0.2) is 6.04 Å². The number of anilines is 1. The van der Waals surface area contributed by atoms with Crippen molar-refractivity contribution >= 4 is 22.9 Å². The highest BCUT2D eigenvalue weighted by molar-refractivity contribution is 7.09. The first-order valence-corrected chi connectivity index (χ1v) is 8.20. The number of thiophene rings is 1. The van der Waals surface area contributed by atoms with Crippen LogP contribution in [0, 0.1) is 11.3 Å². The maximum Gasteiger partial charge on any atom is 0.282 e. The molecule has 2 rings (SSSR count). The summed E-state index contributed by atoms with van der Waals surface area (Å²) in [5.74, 6) is -0.0592. The molecule has 0 radical (unpaired) electrons. The van der Waals surface area contributed by atoms with Gasteiger partial charge in [0.05, 0.1) is 22.7 Å². The highest BCUT2D eigenvalue weighted by Gasteiger charge is 2.24. The molecule has 1 aromatic carbocycles. The predicted molar refractivity (Wildman–Crippen MR) is 88.8 cm³/mol. The minimum absolute atomic E-state index is 0.0592. The second kappa shape index (κ2) is 7.74. The number of carbonyl (C=O) groups is 1. The van der Waals surface area contributed by atoms with Crippen molar-refractivity contribution in [3.05, 3.63) is 52.2 Å². The molecule has 114 valence electrons. The van der Waals surface area contributed by atoms with Crippen LogP contribution in [-0.4, -0.2) is 18.5 Å². The van der Waals surface area contributed by atoms with Crippen LogP contribution in [0.5, 0.6) is 0 Å². The maximum absolute atomic E-state index is 12.5. The lowest BCUT2D eigenvalue weighted by Crippen LogP contribution is -3.15. The van der Waals surface area contributed by atoms with Gasteiger partial charge < -0.3 is 10.2 Å². The van der Waals surface area contributed by atoms with E-state index >= 15 is 0 Å². The lowest BCUT2D eigenvalue weighted by molar-refractivity contribution is -0.925. The Hall–Kier alpha value is -2.16. The van der Waals surface area contributed by atoms with Crippen molar-refractivity contribution in [2.24, 2.45) is 0 Å². The molecular formula is C17H20N3OS+. The number of hydrogen-bond acceptors (Lipinski definition) is 3. The minimum Gasteiger partial charge on any atom is -0.321 e. The van der Waals surface area contributed by atoms with E-state index in [1.165, 1.54) is 9.78 Å². The van der Waals surface area contributed by atoms with E-state index in [9.17, 15) is 4.79 Å². The van der Waals surface area contributed by atoms with Crippen LogP contribution in [-0.2, 0) is 11.3 Å². The topological polar surface area (TPSA) is 57.3 Å². The standard InChI is InChI=1S/C17H19N3OS/c1-3-20(12-15-8-6-10-22-15)13(2)17(21)19-16-9-5-4-7-14(16)11-18/h4-10,13H,3,12H2,1-2H3,(H,19,21)/p+1/t13-/m0/s1. The highest BCUT2D eigenvalue weighted by Crippen LogP contribution is 2.13. The molecule has 2 atom stereocenters. The average Bonchev–Trinajstić information content (AvgIpc) is 3.05. The molecule has 5 heteroatoms. The number of benzene rings is 1. The van der Waals surface area contributed by atoms with Crippen molar-refractivity contribution in [1.29, 1.82) is 5.26 Å². The molecule has 2 N–H and O–H groups in total. The molecule has 1 heterocycles. The van der Waals surface area contributed by atoms with Gasteiger partial charge in [0.25, 0.3) is 5.91 Å². The number of para-hydroxylation sites is 1. The van der Waals surface area contributed by atoms with Gasteiger partial charge in [0.1, 0.15) is 12.6 Å². The van der Waals surface area contributed by atoms with Gasteiger partial charge in [0, 0.05) is 0 Å². The average molecular weight is 314 g/mol. The number of nitriles is 1. The van der Waals surface area contributed by atoms with Crippen LogP contribution in [0.3, 0.4) is 0 Å². The van der Waals surface area contributed by atoms with Gasteiger partial charge in [-0.3, -0.25) is 4.79 Å². The Kier molecular flexibility index (Phi) is 5.70. The molecule has 0 spiro atoms. The van der Waals surface area contributed by atoms with Crippen LogP contribution in [0.2, 0.25) is 0 Å². The molecular weight excluding hydrogens is 294 g/mol. The lowest BCUT2D eigenvalue weighted by atomic mass is 10.1. The summed E-state index contributed by atoms with van der Waals surface area (Å²) in [6.45, 7) is 5.71. The van der Waals surface area contributed by atoms with Crippen molar-refractivity contribution < 1.29 is 9.69 Å². The van der Waals surface area contributed by atoms with E-state index in [-0.39, 0.29) is 11.9 Å². The molecule has 0 aliphatic heterocycles. The fourth-order valence-corrected chi connectivity index (χ4v) is 3.10. The first kappa shape index (κ1) is 16.2. The summed E-state index contributed by atoms with van der Waals surface area (Å²) in [6, 6.07) is 13.1. The number of nitrogens with zero attached hydrogens (tertiary/aromatic N) is 1. The van der Waals surface area contributed by atoms with Crippen molar-refractivity contribution in [3.63, 3.8) is 0 Å². The van der Waals surface area contributed by atoms with E-state index < -0.39 is 0 Å². The smallest absolute Gasteiger partial charge is 0.282 e. The van der Waals surface area contributed by atoms with Crippen LogP contribution in [0.25, 0.3) is 0 Å². The minimum atomic E-state index is -0.182. The second-order valence-corrected chi connectivity index (χ2v) is 6.17.